The number of anilines is 1. The van der Waals surface area contributed by atoms with E-state index in [1.807, 2.05) is 24.3 Å². The van der Waals surface area contributed by atoms with Crippen LogP contribution in [0.1, 0.15) is 48.8 Å². The highest BCUT2D eigenvalue weighted by Crippen LogP contribution is 2.14. The molecule has 0 saturated carbocycles. The lowest BCUT2D eigenvalue weighted by atomic mass is 10.1. The van der Waals surface area contributed by atoms with Crippen LogP contribution in [0.2, 0.25) is 0 Å². The number of nitrogen functional groups attached to an aromatic ring is 1. The number of rotatable bonds is 7. The molecule has 4 nitrogen and oxygen atoms in total. The number of hydrogen-bond donors (Lipinski definition) is 2. The van der Waals surface area contributed by atoms with Gasteiger partial charge >= 0.3 is 0 Å². The smallest absolute Gasteiger partial charge is 0.220 e. The van der Waals surface area contributed by atoms with Gasteiger partial charge in [-0.05, 0) is 55.1 Å². The minimum atomic E-state index is 0.0619. The Kier molecular flexibility index (Phi) is 7.28. The molecule has 1 amide bonds. The lowest BCUT2D eigenvalue weighted by molar-refractivity contribution is -0.121. The maximum absolute atomic E-state index is 12.1. The molecule has 0 radical (unpaired) electrons. The summed E-state index contributed by atoms with van der Waals surface area (Å²) in [6, 6.07) is 16.4. The van der Waals surface area contributed by atoms with Gasteiger partial charge in [0.1, 0.15) is 0 Å². The van der Waals surface area contributed by atoms with Gasteiger partial charge in [0, 0.05) is 25.2 Å². The van der Waals surface area contributed by atoms with E-state index in [0.717, 1.165) is 23.4 Å². The molecule has 0 unspecified atom stereocenters. The van der Waals surface area contributed by atoms with Crippen LogP contribution in [0.15, 0.2) is 48.5 Å². The van der Waals surface area contributed by atoms with Gasteiger partial charge in [-0.2, -0.15) is 0 Å². The first kappa shape index (κ1) is 19.4. The summed E-state index contributed by atoms with van der Waals surface area (Å²) in [4.78, 5) is 14.7. The number of hydrogen-bond acceptors (Lipinski definition) is 3. The Balaban J connectivity index is 1.41. The molecule has 2 aromatic carbocycles. The number of nitrogens with two attached hydrogens (primary N) is 1. The molecule has 1 fully saturated rings. The van der Waals surface area contributed by atoms with Crippen molar-refractivity contribution in [3.63, 3.8) is 0 Å². The van der Waals surface area contributed by atoms with E-state index in [1.54, 1.807) is 0 Å². The summed E-state index contributed by atoms with van der Waals surface area (Å²) in [5.74, 6) is 0.0619. The molecule has 0 spiro atoms. The van der Waals surface area contributed by atoms with Crippen molar-refractivity contribution in [2.45, 2.75) is 51.6 Å². The van der Waals surface area contributed by atoms with Crippen LogP contribution < -0.4 is 11.1 Å². The summed E-state index contributed by atoms with van der Waals surface area (Å²) in [7, 11) is 0. The number of nitrogens with one attached hydrogen (secondary N) is 1. The summed E-state index contributed by atoms with van der Waals surface area (Å²) in [5, 5.41) is 3.01. The fraction of sp³-hybridized carbons (Fsp3) is 0.435. The number of amides is 1. The second-order valence-electron chi connectivity index (χ2n) is 7.48. The summed E-state index contributed by atoms with van der Waals surface area (Å²) in [6.45, 7) is 4.03. The molecule has 1 aliphatic rings. The molecule has 3 rings (SSSR count). The SMILES string of the molecule is Nc1ccccc1CCC(=O)NCc1ccc(CN2CCCCCC2)cc1. The quantitative estimate of drug-likeness (QED) is 0.732. The van der Waals surface area contributed by atoms with E-state index in [4.69, 9.17) is 5.73 Å². The number of para-hydroxylation sites is 1. The van der Waals surface area contributed by atoms with Crippen LogP contribution in [-0.2, 0) is 24.3 Å². The normalized spacial score (nSPS) is 15.3. The standard InChI is InChI=1S/C23H31N3O/c24-22-8-4-3-7-21(22)13-14-23(27)25-17-19-9-11-20(12-10-19)18-26-15-5-1-2-6-16-26/h3-4,7-12H,1-2,5-6,13-18,24H2,(H,25,27). The van der Waals surface area contributed by atoms with E-state index in [2.05, 4.69) is 34.5 Å². The monoisotopic (exact) mass is 365 g/mol. The second kappa shape index (κ2) is 10.1. The van der Waals surface area contributed by atoms with E-state index in [-0.39, 0.29) is 5.91 Å². The lowest BCUT2D eigenvalue weighted by Gasteiger charge is -2.19. The molecule has 0 aromatic heterocycles. The molecule has 1 heterocycles. The fourth-order valence-electron chi connectivity index (χ4n) is 3.61. The van der Waals surface area contributed by atoms with Crippen LogP contribution in [0.5, 0.6) is 0 Å². The average Bonchev–Trinajstić information content (AvgIpc) is 2.95. The molecule has 0 bridgehead atoms. The number of carbonyl (C=O) groups is 1. The summed E-state index contributed by atoms with van der Waals surface area (Å²) >= 11 is 0. The predicted octanol–water partition coefficient (Wildman–Crippen LogP) is 3.89. The third-order valence-electron chi connectivity index (χ3n) is 5.29. The van der Waals surface area contributed by atoms with Gasteiger partial charge in [0.05, 0.1) is 0 Å². The minimum absolute atomic E-state index is 0.0619. The van der Waals surface area contributed by atoms with Crippen LogP contribution in [0.25, 0.3) is 0 Å². The van der Waals surface area contributed by atoms with Crippen LogP contribution in [0.4, 0.5) is 5.69 Å². The Labute approximate surface area is 162 Å². The zero-order valence-electron chi connectivity index (χ0n) is 16.1. The largest absolute Gasteiger partial charge is 0.399 e. The van der Waals surface area contributed by atoms with Crippen LogP contribution in [0, 0.1) is 0 Å². The highest BCUT2D eigenvalue weighted by molar-refractivity contribution is 5.76. The number of benzene rings is 2. The molecule has 1 aliphatic heterocycles. The Morgan fingerprint density at radius 3 is 2.30 bits per heavy atom. The van der Waals surface area contributed by atoms with Crippen LogP contribution >= 0.6 is 0 Å². The van der Waals surface area contributed by atoms with Gasteiger partial charge in [-0.3, -0.25) is 9.69 Å². The number of nitrogens with zero attached hydrogens (tertiary/aromatic N) is 1. The molecule has 144 valence electrons. The second-order valence-corrected chi connectivity index (χ2v) is 7.48. The molecular formula is C23H31N3O. The zero-order valence-corrected chi connectivity index (χ0v) is 16.1. The summed E-state index contributed by atoms with van der Waals surface area (Å²) in [6.07, 6.45) is 6.50. The number of carbonyl (C=O) groups excluding carboxylic acids is 1. The van der Waals surface area contributed by atoms with Crippen molar-refractivity contribution in [3.05, 3.63) is 65.2 Å². The zero-order chi connectivity index (χ0) is 18.9. The maximum atomic E-state index is 12.1. The first-order valence-electron chi connectivity index (χ1n) is 10.1. The lowest BCUT2D eigenvalue weighted by Crippen LogP contribution is -2.24. The molecule has 0 aliphatic carbocycles. The number of aryl methyl sites for hydroxylation is 1. The van der Waals surface area contributed by atoms with E-state index < -0.39 is 0 Å². The average molecular weight is 366 g/mol. The molecule has 2 aromatic rings. The van der Waals surface area contributed by atoms with Gasteiger partial charge < -0.3 is 11.1 Å². The molecular weight excluding hydrogens is 334 g/mol. The van der Waals surface area contributed by atoms with Crippen molar-refractivity contribution in [3.8, 4) is 0 Å². The van der Waals surface area contributed by atoms with Crippen molar-refractivity contribution in [2.75, 3.05) is 18.8 Å². The van der Waals surface area contributed by atoms with E-state index in [9.17, 15) is 4.79 Å². The van der Waals surface area contributed by atoms with Gasteiger partial charge in [-0.25, -0.2) is 0 Å². The van der Waals surface area contributed by atoms with Crippen molar-refractivity contribution in [1.29, 1.82) is 0 Å². The fourth-order valence-corrected chi connectivity index (χ4v) is 3.61. The maximum Gasteiger partial charge on any atom is 0.220 e. The Morgan fingerprint density at radius 2 is 1.59 bits per heavy atom. The van der Waals surface area contributed by atoms with Crippen molar-refractivity contribution >= 4 is 11.6 Å². The van der Waals surface area contributed by atoms with Crippen molar-refractivity contribution in [2.24, 2.45) is 0 Å². The van der Waals surface area contributed by atoms with E-state index >= 15 is 0 Å². The van der Waals surface area contributed by atoms with Crippen molar-refractivity contribution in [1.82, 2.24) is 10.2 Å². The predicted molar refractivity (Wildman–Crippen MR) is 111 cm³/mol. The third kappa shape index (κ3) is 6.40. The van der Waals surface area contributed by atoms with Gasteiger partial charge in [0.25, 0.3) is 0 Å². The first-order chi connectivity index (χ1) is 13.2. The highest BCUT2D eigenvalue weighted by atomic mass is 16.1. The van der Waals surface area contributed by atoms with Gasteiger partial charge in [-0.15, -0.1) is 0 Å². The van der Waals surface area contributed by atoms with Gasteiger partial charge in [0.15, 0.2) is 0 Å². The molecule has 27 heavy (non-hydrogen) atoms. The van der Waals surface area contributed by atoms with Crippen molar-refractivity contribution < 1.29 is 4.79 Å². The topological polar surface area (TPSA) is 58.4 Å². The molecule has 3 N–H and O–H groups in total. The first-order valence-corrected chi connectivity index (χ1v) is 10.1. The Bertz CT molecular complexity index is 719. The van der Waals surface area contributed by atoms with E-state index in [1.165, 1.54) is 44.3 Å². The summed E-state index contributed by atoms with van der Waals surface area (Å²) < 4.78 is 0. The van der Waals surface area contributed by atoms with Gasteiger partial charge in [-0.1, -0.05) is 55.3 Å². The Hall–Kier alpha value is -2.33. The van der Waals surface area contributed by atoms with E-state index in [0.29, 0.717) is 19.4 Å². The van der Waals surface area contributed by atoms with Crippen LogP contribution in [-0.4, -0.2) is 23.9 Å². The minimum Gasteiger partial charge on any atom is -0.399 e. The number of likely N-dealkylation sites (tertiary alicyclic amines) is 1. The highest BCUT2D eigenvalue weighted by Gasteiger charge is 2.09. The van der Waals surface area contributed by atoms with Gasteiger partial charge in [0.2, 0.25) is 5.91 Å². The Morgan fingerprint density at radius 1 is 0.926 bits per heavy atom. The molecule has 4 heteroatoms. The van der Waals surface area contributed by atoms with Crippen LogP contribution in [0.3, 0.4) is 0 Å². The molecule has 0 atom stereocenters. The third-order valence-corrected chi connectivity index (χ3v) is 5.29. The summed E-state index contributed by atoms with van der Waals surface area (Å²) in [5.41, 5.74) is 10.2. The molecule has 1 saturated heterocycles.